The van der Waals surface area contributed by atoms with Gasteiger partial charge in [0.05, 0.1) is 17.6 Å². The molecule has 3 amide bonds. The van der Waals surface area contributed by atoms with Crippen LogP contribution in [0, 0.1) is 0 Å². The Balaban J connectivity index is 2.02. The maximum absolute atomic E-state index is 11.5. The summed E-state index contributed by atoms with van der Waals surface area (Å²) in [7, 11) is 0. The standard InChI is InChI=1S/C17H15N5O3/c18-16(24)15-14(20-17(19)25)9-22(21-15)12-3-1-2-11(8-12)10-4-6-13(23)7-5-10/h1-9,23H,(H2,18,24)(H3,19,20,25). The number of nitrogens with two attached hydrogens (primary N) is 2. The van der Waals surface area contributed by atoms with Crippen molar-refractivity contribution in [3.63, 3.8) is 0 Å². The molecule has 0 unspecified atom stereocenters. The number of hydrogen-bond acceptors (Lipinski definition) is 4. The number of benzene rings is 2. The molecule has 8 heteroatoms. The predicted octanol–water partition coefficient (Wildman–Crippen LogP) is 1.83. The molecule has 0 aliphatic heterocycles. The molecule has 3 rings (SSSR count). The highest BCUT2D eigenvalue weighted by Gasteiger charge is 2.16. The second-order valence-electron chi connectivity index (χ2n) is 5.29. The van der Waals surface area contributed by atoms with E-state index in [4.69, 9.17) is 11.5 Å². The van der Waals surface area contributed by atoms with Gasteiger partial charge in [0, 0.05) is 0 Å². The first-order chi connectivity index (χ1) is 11.9. The minimum atomic E-state index is -0.820. The zero-order valence-corrected chi connectivity index (χ0v) is 13.0. The lowest BCUT2D eigenvalue weighted by molar-refractivity contribution is 0.0996. The van der Waals surface area contributed by atoms with Crippen LogP contribution in [-0.2, 0) is 0 Å². The summed E-state index contributed by atoms with van der Waals surface area (Å²) < 4.78 is 1.43. The average Bonchev–Trinajstić information content (AvgIpc) is 2.99. The largest absolute Gasteiger partial charge is 0.508 e. The summed E-state index contributed by atoms with van der Waals surface area (Å²) >= 11 is 0. The number of phenols is 1. The van der Waals surface area contributed by atoms with Crippen LogP contribution in [0.4, 0.5) is 10.5 Å². The minimum absolute atomic E-state index is 0.0890. The Morgan fingerprint density at radius 3 is 2.40 bits per heavy atom. The summed E-state index contributed by atoms with van der Waals surface area (Å²) in [5.41, 5.74) is 12.9. The van der Waals surface area contributed by atoms with E-state index in [0.29, 0.717) is 5.69 Å². The summed E-state index contributed by atoms with van der Waals surface area (Å²) in [4.78, 5) is 22.6. The maximum atomic E-state index is 11.5. The lowest BCUT2D eigenvalue weighted by atomic mass is 10.1. The van der Waals surface area contributed by atoms with Gasteiger partial charge in [-0.2, -0.15) is 5.10 Å². The second-order valence-corrected chi connectivity index (χ2v) is 5.29. The highest BCUT2D eigenvalue weighted by molar-refractivity contribution is 6.00. The van der Waals surface area contributed by atoms with Crippen molar-refractivity contribution in [2.45, 2.75) is 0 Å². The van der Waals surface area contributed by atoms with Crippen LogP contribution < -0.4 is 16.8 Å². The SMILES string of the molecule is NC(=O)Nc1cn(-c2cccc(-c3ccc(O)cc3)c2)nc1C(N)=O. The molecule has 0 atom stereocenters. The quantitative estimate of drug-likeness (QED) is 0.577. The van der Waals surface area contributed by atoms with E-state index in [9.17, 15) is 14.7 Å². The van der Waals surface area contributed by atoms with Gasteiger partial charge in [0.1, 0.15) is 5.75 Å². The van der Waals surface area contributed by atoms with Crippen LogP contribution in [0.1, 0.15) is 10.5 Å². The van der Waals surface area contributed by atoms with Gasteiger partial charge >= 0.3 is 6.03 Å². The Labute approximate surface area is 142 Å². The molecule has 0 aliphatic rings. The number of amides is 3. The third-order valence-corrected chi connectivity index (χ3v) is 3.52. The van der Waals surface area contributed by atoms with E-state index >= 15 is 0 Å². The Bertz CT molecular complexity index is 947. The van der Waals surface area contributed by atoms with Gasteiger partial charge < -0.3 is 21.9 Å². The summed E-state index contributed by atoms with van der Waals surface area (Å²) in [6, 6.07) is 13.3. The van der Waals surface area contributed by atoms with Gasteiger partial charge in [-0.15, -0.1) is 0 Å². The number of primary amides is 2. The molecule has 2 aromatic carbocycles. The lowest BCUT2D eigenvalue weighted by Crippen LogP contribution is -2.22. The van der Waals surface area contributed by atoms with Crippen LogP contribution in [0.15, 0.2) is 54.7 Å². The number of carbonyl (C=O) groups is 2. The molecule has 1 heterocycles. The molecule has 8 nitrogen and oxygen atoms in total. The molecule has 0 saturated carbocycles. The van der Waals surface area contributed by atoms with E-state index in [0.717, 1.165) is 11.1 Å². The van der Waals surface area contributed by atoms with Crippen LogP contribution >= 0.6 is 0 Å². The number of nitrogens with one attached hydrogen (secondary N) is 1. The van der Waals surface area contributed by atoms with Crippen LogP contribution in [0.5, 0.6) is 5.75 Å². The third kappa shape index (κ3) is 3.42. The van der Waals surface area contributed by atoms with E-state index in [-0.39, 0.29) is 17.1 Å². The average molecular weight is 337 g/mol. The normalized spacial score (nSPS) is 10.4. The van der Waals surface area contributed by atoms with Crippen molar-refractivity contribution in [3.8, 4) is 22.6 Å². The van der Waals surface area contributed by atoms with Gasteiger partial charge in [0.25, 0.3) is 5.91 Å². The number of anilines is 1. The van der Waals surface area contributed by atoms with Crippen molar-refractivity contribution in [1.82, 2.24) is 9.78 Å². The van der Waals surface area contributed by atoms with Gasteiger partial charge in [0.2, 0.25) is 0 Å². The molecule has 6 N–H and O–H groups in total. The van der Waals surface area contributed by atoms with Crippen molar-refractivity contribution in [1.29, 1.82) is 0 Å². The molecule has 0 bridgehead atoms. The first kappa shape index (κ1) is 16.1. The van der Waals surface area contributed by atoms with Crippen molar-refractivity contribution >= 4 is 17.6 Å². The highest BCUT2D eigenvalue weighted by atomic mass is 16.3. The van der Waals surface area contributed by atoms with Crippen LogP contribution in [-0.4, -0.2) is 26.8 Å². The molecular weight excluding hydrogens is 322 g/mol. The number of aromatic nitrogens is 2. The zero-order valence-electron chi connectivity index (χ0n) is 13.0. The van der Waals surface area contributed by atoms with Gasteiger partial charge in [-0.05, 0) is 35.4 Å². The molecule has 0 spiro atoms. The number of hydrogen-bond donors (Lipinski definition) is 4. The molecule has 0 radical (unpaired) electrons. The number of carbonyl (C=O) groups excluding carboxylic acids is 2. The number of phenolic OH excluding ortho intramolecular Hbond substituents is 1. The minimum Gasteiger partial charge on any atom is -0.508 e. The lowest BCUT2D eigenvalue weighted by Gasteiger charge is -2.06. The molecule has 3 aromatic rings. The van der Waals surface area contributed by atoms with E-state index in [1.54, 1.807) is 30.3 Å². The van der Waals surface area contributed by atoms with E-state index in [1.165, 1.54) is 10.9 Å². The van der Waals surface area contributed by atoms with Crippen LogP contribution in [0.25, 0.3) is 16.8 Å². The third-order valence-electron chi connectivity index (χ3n) is 3.52. The van der Waals surface area contributed by atoms with Gasteiger partial charge in [0.15, 0.2) is 5.69 Å². The fourth-order valence-corrected chi connectivity index (χ4v) is 2.39. The fraction of sp³-hybridized carbons (Fsp3) is 0. The number of aromatic hydroxyl groups is 1. The topological polar surface area (TPSA) is 136 Å². The number of urea groups is 1. The summed E-state index contributed by atoms with van der Waals surface area (Å²) in [6.45, 7) is 0. The van der Waals surface area contributed by atoms with Gasteiger partial charge in [-0.1, -0.05) is 24.3 Å². The molecule has 1 aromatic heterocycles. The fourth-order valence-electron chi connectivity index (χ4n) is 2.39. The summed E-state index contributed by atoms with van der Waals surface area (Å²) in [5, 5.41) is 15.8. The number of rotatable bonds is 4. The number of nitrogens with zero attached hydrogens (tertiary/aromatic N) is 2. The Morgan fingerprint density at radius 2 is 1.76 bits per heavy atom. The first-order valence-electron chi connectivity index (χ1n) is 7.30. The zero-order chi connectivity index (χ0) is 18.0. The Hall–Kier alpha value is -3.81. The Kier molecular flexibility index (Phi) is 4.09. The van der Waals surface area contributed by atoms with Gasteiger partial charge in [-0.3, -0.25) is 4.79 Å². The van der Waals surface area contributed by atoms with E-state index in [2.05, 4.69) is 10.4 Å². The van der Waals surface area contributed by atoms with E-state index in [1.807, 2.05) is 18.2 Å². The van der Waals surface area contributed by atoms with Crippen LogP contribution in [0.2, 0.25) is 0 Å². The molecule has 0 aliphatic carbocycles. The predicted molar refractivity (Wildman–Crippen MR) is 92.4 cm³/mol. The molecule has 0 fully saturated rings. The van der Waals surface area contributed by atoms with Gasteiger partial charge in [-0.25, -0.2) is 9.48 Å². The van der Waals surface area contributed by atoms with Crippen molar-refractivity contribution in [2.24, 2.45) is 11.5 Å². The highest BCUT2D eigenvalue weighted by Crippen LogP contribution is 2.25. The summed E-state index contributed by atoms with van der Waals surface area (Å²) in [5.74, 6) is -0.600. The maximum Gasteiger partial charge on any atom is 0.316 e. The van der Waals surface area contributed by atoms with Crippen molar-refractivity contribution in [2.75, 3.05) is 5.32 Å². The van der Waals surface area contributed by atoms with Crippen molar-refractivity contribution < 1.29 is 14.7 Å². The summed E-state index contributed by atoms with van der Waals surface area (Å²) in [6.07, 6.45) is 1.46. The molecule has 0 saturated heterocycles. The smallest absolute Gasteiger partial charge is 0.316 e. The van der Waals surface area contributed by atoms with Crippen molar-refractivity contribution in [3.05, 3.63) is 60.4 Å². The monoisotopic (exact) mass is 337 g/mol. The first-order valence-corrected chi connectivity index (χ1v) is 7.30. The second kappa shape index (κ2) is 6.36. The van der Waals surface area contributed by atoms with E-state index < -0.39 is 11.9 Å². The van der Waals surface area contributed by atoms with Crippen LogP contribution in [0.3, 0.4) is 0 Å². The Morgan fingerprint density at radius 1 is 1.04 bits per heavy atom. The molecule has 126 valence electrons. The molecule has 25 heavy (non-hydrogen) atoms. The molecular formula is C17H15N5O3.